The lowest BCUT2D eigenvalue weighted by Crippen LogP contribution is -2.32. The Morgan fingerprint density at radius 2 is 2.33 bits per heavy atom. The number of anilines is 1. The van der Waals surface area contributed by atoms with E-state index in [4.69, 9.17) is 10.5 Å². The van der Waals surface area contributed by atoms with E-state index >= 15 is 0 Å². The Hall–Kier alpha value is -1.97. The third-order valence-corrected chi connectivity index (χ3v) is 2.48. The Kier molecular flexibility index (Phi) is 5.24. The van der Waals surface area contributed by atoms with Crippen LogP contribution < -0.4 is 15.8 Å². The Bertz CT molecular complexity index is 430. The number of benzene rings is 1. The molecule has 3 N–H and O–H groups in total. The lowest BCUT2D eigenvalue weighted by molar-refractivity contribution is 0.0937. The Morgan fingerprint density at radius 1 is 1.61 bits per heavy atom. The summed E-state index contributed by atoms with van der Waals surface area (Å²) in [5.41, 5.74) is 6.75. The highest BCUT2D eigenvalue weighted by atomic mass is 16.5. The number of hydrogen-bond acceptors (Lipinski definition) is 3. The minimum Gasteiger partial charge on any atom is -0.491 e. The number of rotatable bonds is 6. The maximum Gasteiger partial charge on any atom is 0.255 e. The van der Waals surface area contributed by atoms with Crippen molar-refractivity contribution in [2.45, 2.75) is 26.3 Å². The third kappa shape index (κ3) is 3.52. The highest BCUT2D eigenvalue weighted by Crippen LogP contribution is 2.26. The van der Waals surface area contributed by atoms with Crippen molar-refractivity contribution in [2.75, 3.05) is 12.3 Å². The molecule has 0 spiro atoms. The Labute approximate surface area is 108 Å². The molecule has 0 radical (unpaired) electrons. The zero-order chi connectivity index (χ0) is 13.5. The van der Waals surface area contributed by atoms with E-state index in [9.17, 15) is 4.79 Å². The van der Waals surface area contributed by atoms with Gasteiger partial charge in [-0.25, -0.2) is 0 Å². The number of hydrogen-bond donors (Lipinski definition) is 2. The predicted molar refractivity (Wildman–Crippen MR) is 73.8 cm³/mol. The second-order valence-electron chi connectivity index (χ2n) is 4.06. The molecule has 0 saturated heterocycles. The molecule has 0 heterocycles. The van der Waals surface area contributed by atoms with Gasteiger partial charge in [0.2, 0.25) is 0 Å². The van der Waals surface area contributed by atoms with Crippen LogP contribution in [-0.2, 0) is 0 Å². The van der Waals surface area contributed by atoms with Crippen molar-refractivity contribution in [3.8, 4) is 5.75 Å². The van der Waals surface area contributed by atoms with Crippen molar-refractivity contribution >= 4 is 11.6 Å². The average Bonchev–Trinajstić information content (AvgIpc) is 2.32. The van der Waals surface area contributed by atoms with Gasteiger partial charge in [0.05, 0.1) is 17.9 Å². The van der Waals surface area contributed by atoms with Crippen LogP contribution in [0.4, 0.5) is 5.69 Å². The van der Waals surface area contributed by atoms with Gasteiger partial charge < -0.3 is 15.8 Å². The van der Waals surface area contributed by atoms with Crippen LogP contribution in [0.2, 0.25) is 0 Å². The van der Waals surface area contributed by atoms with Crippen LogP contribution in [-0.4, -0.2) is 18.6 Å². The standard InChI is InChI=1S/C14H20N2O2/c1-4-7-10(3)16-14(17)11-8-6-9-12(15)13(11)18-5-2/h4,6,8-10H,1,5,7,15H2,2-3H3,(H,16,17). The molecular weight excluding hydrogens is 228 g/mol. The van der Waals surface area contributed by atoms with Gasteiger partial charge in [-0.05, 0) is 32.4 Å². The van der Waals surface area contributed by atoms with Crippen LogP contribution >= 0.6 is 0 Å². The van der Waals surface area contributed by atoms with Gasteiger partial charge in [0.25, 0.3) is 5.91 Å². The number of carbonyl (C=O) groups excluding carboxylic acids is 1. The molecule has 0 bridgehead atoms. The molecule has 18 heavy (non-hydrogen) atoms. The summed E-state index contributed by atoms with van der Waals surface area (Å²) >= 11 is 0. The molecule has 0 aliphatic rings. The lowest BCUT2D eigenvalue weighted by atomic mass is 10.1. The van der Waals surface area contributed by atoms with Gasteiger partial charge in [-0.3, -0.25) is 4.79 Å². The van der Waals surface area contributed by atoms with Crippen molar-refractivity contribution in [3.63, 3.8) is 0 Å². The molecule has 1 atom stereocenters. The summed E-state index contributed by atoms with van der Waals surface area (Å²) in [5.74, 6) is 0.267. The van der Waals surface area contributed by atoms with Gasteiger partial charge in [0.1, 0.15) is 0 Å². The molecule has 1 rings (SSSR count). The first-order valence-corrected chi connectivity index (χ1v) is 6.03. The summed E-state index contributed by atoms with van der Waals surface area (Å²) in [6.45, 7) is 7.89. The number of amides is 1. The maximum absolute atomic E-state index is 12.1. The number of para-hydroxylation sites is 1. The van der Waals surface area contributed by atoms with Gasteiger partial charge in [-0.15, -0.1) is 6.58 Å². The van der Waals surface area contributed by atoms with Gasteiger partial charge in [0, 0.05) is 6.04 Å². The van der Waals surface area contributed by atoms with E-state index in [0.717, 1.165) is 6.42 Å². The van der Waals surface area contributed by atoms with Crippen molar-refractivity contribution in [1.82, 2.24) is 5.32 Å². The molecule has 1 aromatic rings. The number of ether oxygens (including phenoxy) is 1. The summed E-state index contributed by atoms with van der Waals surface area (Å²) in [6.07, 6.45) is 2.49. The quantitative estimate of drug-likeness (QED) is 0.600. The Balaban J connectivity index is 2.91. The number of carbonyl (C=O) groups is 1. The average molecular weight is 248 g/mol. The van der Waals surface area contributed by atoms with Crippen LogP contribution in [0, 0.1) is 0 Å². The molecule has 4 nitrogen and oxygen atoms in total. The predicted octanol–water partition coefficient (Wildman–Crippen LogP) is 2.36. The van der Waals surface area contributed by atoms with Crippen LogP contribution in [0.15, 0.2) is 30.9 Å². The summed E-state index contributed by atoms with van der Waals surface area (Å²) in [7, 11) is 0. The fraction of sp³-hybridized carbons (Fsp3) is 0.357. The molecular formula is C14H20N2O2. The normalized spacial score (nSPS) is 11.7. The van der Waals surface area contributed by atoms with Gasteiger partial charge >= 0.3 is 0 Å². The largest absolute Gasteiger partial charge is 0.491 e. The number of nitrogen functional groups attached to an aromatic ring is 1. The van der Waals surface area contributed by atoms with Crippen molar-refractivity contribution in [3.05, 3.63) is 36.4 Å². The van der Waals surface area contributed by atoms with E-state index in [0.29, 0.717) is 23.6 Å². The van der Waals surface area contributed by atoms with Gasteiger partial charge in [-0.1, -0.05) is 12.1 Å². The number of nitrogens with one attached hydrogen (secondary N) is 1. The fourth-order valence-electron chi connectivity index (χ4n) is 1.65. The van der Waals surface area contributed by atoms with Crippen molar-refractivity contribution in [2.24, 2.45) is 0 Å². The van der Waals surface area contributed by atoms with E-state index in [-0.39, 0.29) is 11.9 Å². The van der Waals surface area contributed by atoms with E-state index in [1.165, 1.54) is 0 Å². The molecule has 98 valence electrons. The first-order valence-electron chi connectivity index (χ1n) is 6.03. The molecule has 4 heteroatoms. The van der Waals surface area contributed by atoms with Crippen LogP contribution in [0.5, 0.6) is 5.75 Å². The molecule has 0 aliphatic carbocycles. The van der Waals surface area contributed by atoms with Crippen molar-refractivity contribution in [1.29, 1.82) is 0 Å². The summed E-state index contributed by atoms with van der Waals surface area (Å²) in [5, 5.41) is 2.88. The monoisotopic (exact) mass is 248 g/mol. The topological polar surface area (TPSA) is 64.4 Å². The molecule has 0 fully saturated rings. The second kappa shape index (κ2) is 6.69. The first-order chi connectivity index (χ1) is 8.60. The van der Waals surface area contributed by atoms with E-state index in [2.05, 4.69) is 11.9 Å². The Morgan fingerprint density at radius 3 is 2.94 bits per heavy atom. The van der Waals surface area contributed by atoms with E-state index in [1.54, 1.807) is 24.3 Å². The van der Waals surface area contributed by atoms with E-state index < -0.39 is 0 Å². The fourth-order valence-corrected chi connectivity index (χ4v) is 1.65. The van der Waals surface area contributed by atoms with Crippen LogP contribution in [0.25, 0.3) is 0 Å². The van der Waals surface area contributed by atoms with Crippen LogP contribution in [0.3, 0.4) is 0 Å². The van der Waals surface area contributed by atoms with Crippen LogP contribution in [0.1, 0.15) is 30.6 Å². The highest BCUT2D eigenvalue weighted by Gasteiger charge is 2.16. The van der Waals surface area contributed by atoms with E-state index in [1.807, 2.05) is 13.8 Å². The van der Waals surface area contributed by atoms with Crippen molar-refractivity contribution < 1.29 is 9.53 Å². The molecule has 1 amide bonds. The van der Waals surface area contributed by atoms with Gasteiger partial charge in [0.15, 0.2) is 5.75 Å². The SMILES string of the molecule is C=CCC(C)NC(=O)c1cccc(N)c1OCC. The molecule has 1 aromatic carbocycles. The summed E-state index contributed by atoms with van der Waals surface area (Å²) < 4.78 is 5.42. The highest BCUT2D eigenvalue weighted by molar-refractivity contribution is 5.98. The first kappa shape index (κ1) is 14.1. The van der Waals surface area contributed by atoms with Gasteiger partial charge in [-0.2, -0.15) is 0 Å². The maximum atomic E-state index is 12.1. The zero-order valence-corrected chi connectivity index (χ0v) is 10.9. The zero-order valence-electron chi connectivity index (χ0n) is 10.9. The minimum absolute atomic E-state index is 0.0332. The number of nitrogens with two attached hydrogens (primary N) is 1. The smallest absolute Gasteiger partial charge is 0.255 e. The summed E-state index contributed by atoms with van der Waals surface area (Å²) in [4.78, 5) is 12.1. The minimum atomic E-state index is -0.180. The molecule has 1 unspecified atom stereocenters. The summed E-state index contributed by atoms with van der Waals surface area (Å²) in [6, 6.07) is 5.20. The third-order valence-electron chi connectivity index (χ3n) is 2.48. The molecule has 0 aliphatic heterocycles. The molecule has 0 saturated carbocycles. The second-order valence-corrected chi connectivity index (χ2v) is 4.06. The molecule has 0 aromatic heterocycles. The lowest BCUT2D eigenvalue weighted by Gasteiger charge is -2.15.